The van der Waals surface area contributed by atoms with Crippen LogP contribution in [0.15, 0.2) is 48.5 Å². The number of methoxy groups -OCH3 is 1. The Morgan fingerprint density at radius 2 is 1.73 bits per heavy atom. The van der Waals surface area contributed by atoms with E-state index >= 15 is 0 Å². The number of aryl methyl sites for hydroxylation is 1. The molecule has 0 aromatic heterocycles. The van der Waals surface area contributed by atoms with Crippen molar-refractivity contribution < 1.29 is 19.1 Å². The highest BCUT2D eigenvalue weighted by atomic mass is 16.5. The topological polar surface area (TPSA) is 99.8 Å². The minimum atomic E-state index is -0.642. The fourth-order valence-corrected chi connectivity index (χ4v) is 3.89. The number of piperidine rings is 1. The van der Waals surface area contributed by atoms with Gasteiger partial charge in [0, 0.05) is 32.5 Å². The summed E-state index contributed by atoms with van der Waals surface area (Å²) in [7, 11) is 1.56. The molecule has 2 aromatic rings. The molecule has 2 aromatic carbocycles. The van der Waals surface area contributed by atoms with Gasteiger partial charge in [0.2, 0.25) is 11.8 Å². The summed E-state index contributed by atoms with van der Waals surface area (Å²) in [5.74, 6) is 0.151. The largest absolute Gasteiger partial charge is 0.495 e. The molecule has 0 unspecified atom stereocenters. The second-order valence-electron chi connectivity index (χ2n) is 8.34. The van der Waals surface area contributed by atoms with E-state index < -0.39 is 6.04 Å². The number of ether oxygens (including phenoxy) is 1. The van der Waals surface area contributed by atoms with E-state index in [-0.39, 0.29) is 23.9 Å². The zero-order valence-corrected chi connectivity index (χ0v) is 19.4. The van der Waals surface area contributed by atoms with Gasteiger partial charge in [0.25, 0.3) is 0 Å². The van der Waals surface area contributed by atoms with Crippen molar-refractivity contribution in [1.29, 1.82) is 0 Å². The molecule has 1 fully saturated rings. The molecule has 1 aliphatic heterocycles. The first-order valence-electron chi connectivity index (χ1n) is 11.2. The van der Waals surface area contributed by atoms with Crippen LogP contribution in [0.1, 0.15) is 30.9 Å². The predicted octanol–water partition coefficient (Wildman–Crippen LogP) is 2.86. The number of urea groups is 1. The molecule has 0 aliphatic carbocycles. The normalized spacial score (nSPS) is 14.8. The highest BCUT2D eigenvalue weighted by molar-refractivity contribution is 5.91. The molecule has 0 bridgehead atoms. The van der Waals surface area contributed by atoms with Crippen molar-refractivity contribution in [2.45, 2.75) is 45.2 Å². The van der Waals surface area contributed by atoms with Gasteiger partial charge in [-0.05, 0) is 37.5 Å². The Bertz CT molecular complexity index is 969. The lowest BCUT2D eigenvalue weighted by atomic mass is 10.0. The summed E-state index contributed by atoms with van der Waals surface area (Å²) in [6.07, 6.45) is 1.71. The molecule has 1 heterocycles. The number of nitrogens with one attached hydrogen (secondary N) is 3. The van der Waals surface area contributed by atoms with Crippen molar-refractivity contribution in [1.82, 2.24) is 15.5 Å². The van der Waals surface area contributed by atoms with Crippen molar-refractivity contribution in [3.63, 3.8) is 0 Å². The summed E-state index contributed by atoms with van der Waals surface area (Å²) >= 11 is 0. The predicted molar refractivity (Wildman–Crippen MR) is 127 cm³/mol. The SMILES string of the molecule is COc1ccccc1NC(=O)N1CCC(NC(=O)[C@H](Cc2ccc(C)cc2)NC(C)=O)CC1. The van der Waals surface area contributed by atoms with Gasteiger partial charge < -0.3 is 25.6 Å². The molecular formula is C25H32N4O4. The van der Waals surface area contributed by atoms with Crippen LogP contribution < -0.4 is 20.7 Å². The van der Waals surface area contributed by atoms with E-state index in [4.69, 9.17) is 4.74 Å². The summed E-state index contributed by atoms with van der Waals surface area (Å²) in [5, 5.41) is 8.70. The van der Waals surface area contributed by atoms with Crippen LogP contribution in [0.2, 0.25) is 0 Å². The van der Waals surface area contributed by atoms with Gasteiger partial charge in [-0.15, -0.1) is 0 Å². The number of amides is 4. The number of anilines is 1. The molecule has 8 nitrogen and oxygen atoms in total. The molecule has 0 spiro atoms. The van der Waals surface area contributed by atoms with Crippen LogP contribution in [0, 0.1) is 6.92 Å². The minimum absolute atomic E-state index is 0.0536. The Morgan fingerprint density at radius 3 is 2.36 bits per heavy atom. The molecular weight excluding hydrogens is 420 g/mol. The molecule has 1 atom stereocenters. The molecule has 4 amide bonds. The molecule has 1 aliphatic rings. The maximum Gasteiger partial charge on any atom is 0.321 e. The molecule has 1 saturated heterocycles. The van der Waals surface area contributed by atoms with Crippen molar-refractivity contribution in [2.24, 2.45) is 0 Å². The van der Waals surface area contributed by atoms with Gasteiger partial charge in [0.05, 0.1) is 12.8 Å². The molecule has 176 valence electrons. The Labute approximate surface area is 194 Å². The number of carbonyl (C=O) groups excluding carboxylic acids is 3. The van der Waals surface area contributed by atoms with Crippen LogP contribution >= 0.6 is 0 Å². The minimum Gasteiger partial charge on any atom is -0.495 e. The van der Waals surface area contributed by atoms with Gasteiger partial charge >= 0.3 is 6.03 Å². The third-order valence-electron chi connectivity index (χ3n) is 5.73. The van der Waals surface area contributed by atoms with Gasteiger partial charge in [-0.1, -0.05) is 42.0 Å². The van der Waals surface area contributed by atoms with Crippen molar-refractivity contribution in [3.05, 3.63) is 59.7 Å². The van der Waals surface area contributed by atoms with E-state index in [1.165, 1.54) is 6.92 Å². The van der Waals surface area contributed by atoms with Gasteiger partial charge in [-0.25, -0.2) is 4.79 Å². The molecule has 3 rings (SSSR count). The zero-order valence-electron chi connectivity index (χ0n) is 19.4. The van der Waals surface area contributed by atoms with Crippen LogP contribution in [0.4, 0.5) is 10.5 Å². The lowest BCUT2D eigenvalue weighted by molar-refractivity contribution is -0.128. The summed E-state index contributed by atoms with van der Waals surface area (Å²) in [5.41, 5.74) is 2.74. The maximum atomic E-state index is 12.9. The monoisotopic (exact) mass is 452 g/mol. The van der Waals surface area contributed by atoms with E-state index in [1.807, 2.05) is 43.3 Å². The van der Waals surface area contributed by atoms with Gasteiger partial charge in [0.15, 0.2) is 0 Å². The van der Waals surface area contributed by atoms with E-state index in [0.29, 0.717) is 43.8 Å². The molecule has 8 heteroatoms. The van der Waals surface area contributed by atoms with Crippen molar-refractivity contribution >= 4 is 23.5 Å². The quantitative estimate of drug-likeness (QED) is 0.601. The second kappa shape index (κ2) is 11.4. The van der Waals surface area contributed by atoms with Crippen LogP contribution in [0.25, 0.3) is 0 Å². The van der Waals surface area contributed by atoms with E-state index in [2.05, 4.69) is 16.0 Å². The third kappa shape index (κ3) is 6.97. The number of carbonyl (C=O) groups is 3. The Kier molecular flexibility index (Phi) is 8.29. The number of benzene rings is 2. The Morgan fingerprint density at radius 1 is 1.06 bits per heavy atom. The zero-order chi connectivity index (χ0) is 23.8. The smallest absolute Gasteiger partial charge is 0.321 e. The Balaban J connectivity index is 1.52. The van der Waals surface area contributed by atoms with E-state index in [1.54, 1.807) is 24.1 Å². The fourth-order valence-electron chi connectivity index (χ4n) is 3.89. The van der Waals surface area contributed by atoms with Gasteiger partial charge in [-0.2, -0.15) is 0 Å². The summed E-state index contributed by atoms with van der Waals surface area (Å²) in [4.78, 5) is 38.9. The highest BCUT2D eigenvalue weighted by Crippen LogP contribution is 2.24. The number of para-hydroxylation sites is 2. The number of nitrogens with zero attached hydrogens (tertiary/aromatic N) is 1. The number of hydrogen-bond donors (Lipinski definition) is 3. The first-order valence-corrected chi connectivity index (χ1v) is 11.2. The summed E-state index contributed by atoms with van der Waals surface area (Å²) in [6, 6.07) is 14.3. The average molecular weight is 453 g/mol. The van der Waals surface area contributed by atoms with E-state index in [0.717, 1.165) is 11.1 Å². The molecule has 33 heavy (non-hydrogen) atoms. The number of likely N-dealkylation sites (tertiary alicyclic amines) is 1. The van der Waals surface area contributed by atoms with Crippen LogP contribution in [-0.2, 0) is 16.0 Å². The maximum absolute atomic E-state index is 12.9. The van der Waals surface area contributed by atoms with Crippen LogP contribution in [0.5, 0.6) is 5.75 Å². The lowest BCUT2D eigenvalue weighted by Gasteiger charge is -2.33. The summed E-state index contributed by atoms with van der Waals surface area (Å²) < 4.78 is 5.28. The number of hydrogen-bond acceptors (Lipinski definition) is 4. The van der Waals surface area contributed by atoms with Crippen molar-refractivity contribution in [2.75, 3.05) is 25.5 Å². The Hall–Kier alpha value is -3.55. The average Bonchev–Trinajstić information content (AvgIpc) is 2.80. The summed E-state index contributed by atoms with van der Waals surface area (Å²) in [6.45, 7) is 4.46. The first-order chi connectivity index (χ1) is 15.9. The number of rotatable bonds is 7. The van der Waals surface area contributed by atoms with Crippen LogP contribution in [-0.4, -0.2) is 55.0 Å². The molecule has 3 N–H and O–H groups in total. The first kappa shape index (κ1) is 24.1. The second-order valence-corrected chi connectivity index (χ2v) is 8.34. The van der Waals surface area contributed by atoms with E-state index in [9.17, 15) is 14.4 Å². The highest BCUT2D eigenvalue weighted by Gasteiger charge is 2.27. The molecule has 0 saturated carbocycles. The van der Waals surface area contributed by atoms with Crippen molar-refractivity contribution in [3.8, 4) is 5.75 Å². The van der Waals surface area contributed by atoms with Crippen LogP contribution in [0.3, 0.4) is 0 Å². The lowest BCUT2D eigenvalue weighted by Crippen LogP contribution is -2.53. The van der Waals surface area contributed by atoms with Gasteiger partial charge in [0.1, 0.15) is 11.8 Å². The molecule has 0 radical (unpaired) electrons. The third-order valence-corrected chi connectivity index (χ3v) is 5.73. The fraction of sp³-hybridized carbons (Fsp3) is 0.400. The standard InChI is InChI=1S/C25H32N4O4/c1-17-8-10-19(11-9-17)16-22(26-18(2)30)24(31)27-20-12-14-29(15-13-20)25(32)28-21-6-4-5-7-23(21)33-3/h4-11,20,22H,12-16H2,1-3H3,(H,26,30)(H,27,31)(H,28,32)/t22-/m0/s1. The van der Waals surface area contributed by atoms with Gasteiger partial charge in [-0.3, -0.25) is 9.59 Å².